The van der Waals surface area contributed by atoms with Crippen molar-refractivity contribution in [2.45, 2.75) is 26.7 Å². The number of rotatable bonds is 4. The second-order valence-corrected chi connectivity index (χ2v) is 5.23. The summed E-state index contributed by atoms with van der Waals surface area (Å²) >= 11 is 5.93. The van der Waals surface area contributed by atoms with Crippen molar-refractivity contribution in [1.29, 1.82) is 0 Å². The first-order valence-electron chi connectivity index (χ1n) is 6.73. The third-order valence-corrected chi connectivity index (χ3v) is 3.24. The van der Waals surface area contributed by atoms with Gasteiger partial charge in [0.25, 0.3) is 5.91 Å². The minimum Gasteiger partial charge on any atom is -0.322 e. The van der Waals surface area contributed by atoms with E-state index in [0.29, 0.717) is 16.8 Å². The average molecular weight is 307 g/mol. The van der Waals surface area contributed by atoms with Gasteiger partial charge < -0.3 is 5.32 Å². The molecule has 0 radical (unpaired) electrons. The third-order valence-electron chi connectivity index (χ3n) is 3.05. The number of anilines is 1. The van der Waals surface area contributed by atoms with Gasteiger partial charge in [-0.05, 0) is 43.2 Å². The Morgan fingerprint density at radius 1 is 1.33 bits per heavy atom. The van der Waals surface area contributed by atoms with Crippen LogP contribution < -0.4 is 5.32 Å². The maximum atomic E-state index is 13.5. The second-order valence-electron chi connectivity index (χ2n) is 4.84. The molecule has 1 amide bonds. The highest BCUT2D eigenvalue weighted by atomic mass is 35.5. The summed E-state index contributed by atoms with van der Waals surface area (Å²) in [5, 5.41) is 2.94. The highest BCUT2D eigenvalue weighted by Gasteiger charge is 2.10. The maximum absolute atomic E-state index is 13.5. The Bertz CT molecular complexity index is 673. The summed E-state index contributed by atoms with van der Waals surface area (Å²) in [4.78, 5) is 16.4. The highest BCUT2D eigenvalue weighted by Crippen LogP contribution is 2.17. The van der Waals surface area contributed by atoms with Crippen LogP contribution in [0.25, 0.3) is 0 Å². The smallest absolute Gasteiger partial charge is 0.255 e. The lowest BCUT2D eigenvalue weighted by atomic mass is 10.1. The molecule has 0 unspecified atom stereocenters. The number of carbonyl (C=O) groups excluding carboxylic acids is 1. The van der Waals surface area contributed by atoms with E-state index < -0.39 is 0 Å². The Morgan fingerprint density at radius 3 is 2.76 bits per heavy atom. The van der Waals surface area contributed by atoms with Gasteiger partial charge in [-0.1, -0.05) is 31.0 Å². The number of hydrogen-bond acceptors (Lipinski definition) is 2. The van der Waals surface area contributed by atoms with Crippen molar-refractivity contribution in [1.82, 2.24) is 4.98 Å². The maximum Gasteiger partial charge on any atom is 0.255 e. The average Bonchev–Trinajstić information content (AvgIpc) is 2.42. The summed E-state index contributed by atoms with van der Waals surface area (Å²) in [6.45, 7) is 3.69. The Balaban J connectivity index is 2.21. The van der Waals surface area contributed by atoms with Gasteiger partial charge in [0.15, 0.2) is 0 Å². The minimum atomic E-state index is -0.354. The number of nitrogens with one attached hydrogen (secondary N) is 1. The zero-order chi connectivity index (χ0) is 15.4. The van der Waals surface area contributed by atoms with Crippen LogP contribution in [0.2, 0.25) is 5.15 Å². The van der Waals surface area contributed by atoms with E-state index in [1.807, 2.05) is 6.92 Å². The van der Waals surface area contributed by atoms with Crippen LogP contribution in [-0.2, 0) is 6.42 Å². The van der Waals surface area contributed by atoms with Gasteiger partial charge in [0.1, 0.15) is 11.0 Å². The normalized spacial score (nSPS) is 10.5. The van der Waals surface area contributed by atoms with E-state index in [4.69, 9.17) is 11.6 Å². The van der Waals surface area contributed by atoms with Crippen molar-refractivity contribution in [3.8, 4) is 0 Å². The zero-order valence-corrected chi connectivity index (χ0v) is 12.7. The Hall–Kier alpha value is -1.94. The van der Waals surface area contributed by atoms with E-state index in [1.54, 1.807) is 25.1 Å². The number of benzene rings is 1. The van der Waals surface area contributed by atoms with Crippen LogP contribution in [0.15, 0.2) is 30.3 Å². The predicted molar refractivity (Wildman–Crippen MR) is 82.3 cm³/mol. The van der Waals surface area contributed by atoms with E-state index in [2.05, 4.69) is 10.3 Å². The molecule has 2 aromatic rings. The quantitative estimate of drug-likeness (QED) is 0.851. The molecule has 1 N–H and O–H groups in total. The molecule has 0 spiro atoms. The molecule has 0 fully saturated rings. The first kappa shape index (κ1) is 15.4. The van der Waals surface area contributed by atoms with Crippen LogP contribution in [0.3, 0.4) is 0 Å². The number of halogens is 2. The molecule has 1 aromatic carbocycles. The number of nitrogens with zero attached hydrogens (tertiary/aromatic N) is 1. The van der Waals surface area contributed by atoms with E-state index >= 15 is 0 Å². The van der Waals surface area contributed by atoms with Crippen molar-refractivity contribution in [3.05, 3.63) is 58.1 Å². The topological polar surface area (TPSA) is 42.0 Å². The molecule has 110 valence electrons. The summed E-state index contributed by atoms with van der Waals surface area (Å²) in [6.07, 6.45) is 1.66. The molecule has 0 aliphatic rings. The van der Waals surface area contributed by atoms with Gasteiger partial charge in [-0.3, -0.25) is 4.79 Å². The van der Waals surface area contributed by atoms with Crippen molar-refractivity contribution < 1.29 is 9.18 Å². The first-order chi connectivity index (χ1) is 9.99. The van der Waals surface area contributed by atoms with Crippen molar-refractivity contribution in [3.63, 3.8) is 0 Å². The molecule has 0 saturated carbocycles. The fraction of sp³-hybridized carbons (Fsp3) is 0.250. The van der Waals surface area contributed by atoms with Gasteiger partial charge in [-0.2, -0.15) is 0 Å². The molecule has 5 heteroatoms. The fourth-order valence-corrected chi connectivity index (χ4v) is 2.17. The molecular weight excluding hydrogens is 291 g/mol. The van der Waals surface area contributed by atoms with E-state index in [0.717, 1.165) is 18.5 Å². The minimum absolute atomic E-state index is 0.279. The van der Waals surface area contributed by atoms with Gasteiger partial charge >= 0.3 is 0 Å². The van der Waals surface area contributed by atoms with Gasteiger partial charge in [-0.15, -0.1) is 0 Å². The molecule has 0 atom stereocenters. The number of pyridine rings is 1. The molecule has 3 nitrogen and oxygen atoms in total. The lowest BCUT2D eigenvalue weighted by molar-refractivity contribution is 0.102. The summed E-state index contributed by atoms with van der Waals surface area (Å²) in [7, 11) is 0. The van der Waals surface area contributed by atoms with Crippen LogP contribution in [0.5, 0.6) is 0 Å². The molecular formula is C16H16ClFN2O. The monoisotopic (exact) mass is 306 g/mol. The largest absolute Gasteiger partial charge is 0.322 e. The van der Waals surface area contributed by atoms with Crippen LogP contribution in [0.4, 0.5) is 10.1 Å². The molecule has 0 aliphatic carbocycles. The van der Waals surface area contributed by atoms with Gasteiger partial charge in [0.05, 0.1) is 0 Å². The molecule has 2 rings (SSSR count). The number of aromatic nitrogens is 1. The summed E-state index contributed by atoms with van der Waals surface area (Å²) in [5.41, 5.74) is 2.13. The van der Waals surface area contributed by atoms with E-state index in [-0.39, 0.29) is 16.9 Å². The van der Waals surface area contributed by atoms with Crippen molar-refractivity contribution in [2.75, 3.05) is 5.32 Å². The first-order valence-corrected chi connectivity index (χ1v) is 7.11. The summed E-state index contributed by atoms with van der Waals surface area (Å²) < 4.78 is 13.5. The van der Waals surface area contributed by atoms with Crippen molar-refractivity contribution >= 4 is 23.2 Å². The number of hydrogen-bond donors (Lipinski definition) is 1. The molecule has 1 heterocycles. The van der Waals surface area contributed by atoms with Crippen LogP contribution in [-0.4, -0.2) is 10.9 Å². The summed E-state index contributed by atoms with van der Waals surface area (Å²) in [6, 6.07) is 7.78. The van der Waals surface area contributed by atoms with Crippen LogP contribution in [0.1, 0.15) is 35.0 Å². The molecule has 21 heavy (non-hydrogen) atoms. The van der Waals surface area contributed by atoms with E-state index in [9.17, 15) is 9.18 Å². The SMILES string of the molecule is CCCc1cc(C(=O)Nc2ccc(C)c(F)c2)cc(Cl)n1. The number of aryl methyl sites for hydroxylation is 2. The van der Waals surface area contributed by atoms with E-state index in [1.165, 1.54) is 12.1 Å². The van der Waals surface area contributed by atoms with Crippen LogP contribution >= 0.6 is 11.6 Å². The third kappa shape index (κ3) is 4.02. The van der Waals surface area contributed by atoms with Crippen LogP contribution in [0, 0.1) is 12.7 Å². The van der Waals surface area contributed by atoms with Gasteiger partial charge in [0, 0.05) is 16.9 Å². The predicted octanol–water partition coefficient (Wildman–Crippen LogP) is 4.39. The molecule has 0 bridgehead atoms. The van der Waals surface area contributed by atoms with Gasteiger partial charge in [-0.25, -0.2) is 9.37 Å². The summed E-state index contributed by atoms with van der Waals surface area (Å²) in [5.74, 6) is -0.688. The fourth-order valence-electron chi connectivity index (χ4n) is 1.94. The number of amides is 1. The molecule has 0 saturated heterocycles. The van der Waals surface area contributed by atoms with Gasteiger partial charge in [0.2, 0.25) is 0 Å². The van der Waals surface area contributed by atoms with Crippen molar-refractivity contribution in [2.24, 2.45) is 0 Å². The lowest BCUT2D eigenvalue weighted by Gasteiger charge is -2.08. The Labute approximate surface area is 128 Å². The lowest BCUT2D eigenvalue weighted by Crippen LogP contribution is -2.13. The number of carbonyl (C=O) groups is 1. The zero-order valence-electron chi connectivity index (χ0n) is 11.9. The molecule has 1 aromatic heterocycles. The Kier molecular flexibility index (Phi) is 4.91. The molecule has 0 aliphatic heterocycles. The Morgan fingerprint density at radius 2 is 2.10 bits per heavy atom. The second kappa shape index (κ2) is 6.68. The standard InChI is InChI=1S/C16H16ClFN2O/c1-3-4-12-7-11(8-15(17)19-12)16(21)20-13-6-5-10(2)14(18)9-13/h5-9H,3-4H2,1-2H3,(H,20,21). The highest BCUT2D eigenvalue weighted by molar-refractivity contribution is 6.29.